The van der Waals surface area contributed by atoms with Crippen molar-refractivity contribution in [3.63, 3.8) is 0 Å². The van der Waals surface area contributed by atoms with Crippen molar-refractivity contribution in [1.29, 1.82) is 0 Å². The molecule has 1 atom stereocenters. The first-order chi connectivity index (χ1) is 12.1. The van der Waals surface area contributed by atoms with Crippen molar-refractivity contribution in [2.45, 2.75) is 38.6 Å². The number of nitrogens with one attached hydrogen (secondary N) is 1. The molecular formula is C18H24ClN5O. The van der Waals surface area contributed by atoms with E-state index in [0.29, 0.717) is 23.3 Å². The average Bonchev–Trinajstić information content (AvgIpc) is 3.05. The van der Waals surface area contributed by atoms with Crippen molar-refractivity contribution in [2.75, 3.05) is 20.1 Å². The monoisotopic (exact) mass is 361 g/mol. The van der Waals surface area contributed by atoms with E-state index in [0.717, 1.165) is 43.6 Å². The molecule has 1 aromatic carbocycles. The van der Waals surface area contributed by atoms with E-state index in [4.69, 9.17) is 11.6 Å². The van der Waals surface area contributed by atoms with Crippen LogP contribution in [0.15, 0.2) is 24.3 Å². The Balaban J connectivity index is 1.92. The topological polar surface area (TPSA) is 63.1 Å². The summed E-state index contributed by atoms with van der Waals surface area (Å²) < 4.78 is 1.74. The zero-order valence-electron chi connectivity index (χ0n) is 14.7. The molecule has 7 heteroatoms. The number of aromatic nitrogens is 3. The maximum absolute atomic E-state index is 13.0. The second-order valence-corrected chi connectivity index (χ2v) is 6.84. The van der Waals surface area contributed by atoms with Crippen LogP contribution < -0.4 is 5.32 Å². The van der Waals surface area contributed by atoms with E-state index in [1.165, 1.54) is 0 Å². The Morgan fingerprint density at radius 2 is 2.28 bits per heavy atom. The van der Waals surface area contributed by atoms with Crippen LogP contribution in [0.1, 0.15) is 42.4 Å². The number of carbonyl (C=O) groups is 1. The van der Waals surface area contributed by atoms with E-state index in [-0.39, 0.29) is 5.91 Å². The number of hydrogen-bond donors (Lipinski definition) is 1. The zero-order chi connectivity index (χ0) is 17.8. The normalized spacial score (nSPS) is 17.7. The molecule has 0 radical (unpaired) electrons. The quantitative estimate of drug-likeness (QED) is 0.889. The number of amides is 1. The Kier molecular flexibility index (Phi) is 5.71. The summed E-state index contributed by atoms with van der Waals surface area (Å²) in [5, 5.41) is 12.4. The molecule has 1 N–H and O–H groups in total. The molecule has 0 bridgehead atoms. The van der Waals surface area contributed by atoms with Gasteiger partial charge in [0.25, 0.3) is 5.91 Å². The van der Waals surface area contributed by atoms with Gasteiger partial charge in [-0.15, -0.1) is 5.10 Å². The predicted molar refractivity (Wildman–Crippen MR) is 98.3 cm³/mol. The van der Waals surface area contributed by atoms with Gasteiger partial charge in [-0.2, -0.15) is 0 Å². The van der Waals surface area contributed by atoms with Crippen LogP contribution in [-0.4, -0.2) is 52.0 Å². The van der Waals surface area contributed by atoms with E-state index in [9.17, 15) is 4.79 Å². The highest BCUT2D eigenvalue weighted by Gasteiger charge is 2.28. The maximum atomic E-state index is 13.0. The molecule has 2 aromatic rings. The molecule has 0 aliphatic carbocycles. The molecule has 6 nitrogen and oxygen atoms in total. The van der Waals surface area contributed by atoms with Gasteiger partial charge in [0, 0.05) is 24.2 Å². The second kappa shape index (κ2) is 7.97. The molecule has 0 saturated carbocycles. The van der Waals surface area contributed by atoms with Crippen LogP contribution in [0, 0.1) is 0 Å². The Morgan fingerprint density at radius 3 is 3.00 bits per heavy atom. The van der Waals surface area contributed by atoms with Gasteiger partial charge in [0.1, 0.15) is 0 Å². The van der Waals surface area contributed by atoms with E-state index >= 15 is 0 Å². The summed E-state index contributed by atoms with van der Waals surface area (Å²) in [6.45, 7) is 3.57. The summed E-state index contributed by atoms with van der Waals surface area (Å²) in [7, 11) is 1.94. The molecule has 0 spiro atoms. The molecule has 3 rings (SSSR count). The molecule has 1 amide bonds. The van der Waals surface area contributed by atoms with Crippen LogP contribution in [0.3, 0.4) is 0 Å². The van der Waals surface area contributed by atoms with E-state index in [1.807, 2.05) is 36.2 Å². The predicted octanol–water partition coefficient (Wildman–Crippen LogP) is 2.70. The van der Waals surface area contributed by atoms with Gasteiger partial charge in [-0.25, -0.2) is 4.68 Å². The fourth-order valence-electron chi connectivity index (χ4n) is 3.29. The molecule has 2 heterocycles. The Hall–Kier alpha value is -1.92. The summed E-state index contributed by atoms with van der Waals surface area (Å²) in [5.41, 5.74) is 2.13. The van der Waals surface area contributed by atoms with Gasteiger partial charge in [0.05, 0.1) is 11.4 Å². The van der Waals surface area contributed by atoms with Gasteiger partial charge in [0.15, 0.2) is 5.69 Å². The molecule has 1 unspecified atom stereocenters. The minimum atomic E-state index is -0.0309. The minimum absolute atomic E-state index is 0.0309. The van der Waals surface area contributed by atoms with Crippen LogP contribution in [-0.2, 0) is 6.42 Å². The molecule has 1 aromatic heterocycles. The van der Waals surface area contributed by atoms with Gasteiger partial charge < -0.3 is 10.2 Å². The summed E-state index contributed by atoms with van der Waals surface area (Å²) in [5.74, 6) is -0.0309. The highest BCUT2D eigenvalue weighted by molar-refractivity contribution is 6.30. The number of carbonyl (C=O) groups excluding carboxylic acids is 1. The lowest BCUT2D eigenvalue weighted by Crippen LogP contribution is -2.47. The summed E-state index contributed by atoms with van der Waals surface area (Å²) in [6, 6.07) is 7.79. The van der Waals surface area contributed by atoms with E-state index in [2.05, 4.69) is 22.6 Å². The number of benzene rings is 1. The van der Waals surface area contributed by atoms with Crippen LogP contribution >= 0.6 is 11.6 Å². The lowest BCUT2D eigenvalue weighted by Gasteiger charge is -2.32. The summed E-state index contributed by atoms with van der Waals surface area (Å²) >= 11 is 6.10. The number of likely N-dealkylation sites (tertiary alicyclic amines) is 1. The summed E-state index contributed by atoms with van der Waals surface area (Å²) in [6.07, 6.45) is 3.75. The van der Waals surface area contributed by atoms with E-state index in [1.54, 1.807) is 4.68 Å². The lowest BCUT2D eigenvalue weighted by atomic mass is 10.0. The third-order valence-corrected chi connectivity index (χ3v) is 4.86. The van der Waals surface area contributed by atoms with Crippen molar-refractivity contribution in [3.05, 3.63) is 40.7 Å². The van der Waals surface area contributed by atoms with Crippen LogP contribution in [0.4, 0.5) is 0 Å². The number of halogens is 1. The Morgan fingerprint density at radius 1 is 1.44 bits per heavy atom. The fraction of sp³-hybridized carbons (Fsp3) is 0.500. The second-order valence-electron chi connectivity index (χ2n) is 6.41. The smallest absolute Gasteiger partial charge is 0.276 e. The Bertz CT molecular complexity index is 745. The minimum Gasteiger partial charge on any atom is -0.336 e. The van der Waals surface area contributed by atoms with Gasteiger partial charge in [-0.1, -0.05) is 36.2 Å². The largest absolute Gasteiger partial charge is 0.336 e. The third-order valence-electron chi connectivity index (χ3n) is 4.62. The molecule has 25 heavy (non-hydrogen) atoms. The molecule has 1 saturated heterocycles. The first-order valence-electron chi connectivity index (χ1n) is 8.81. The molecule has 134 valence electrons. The van der Waals surface area contributed by atoms with Crippen molar-refractivity contribution in [3.8, 4) is 5.69 Å². The van der Waals surface area contributed by atoms with Crippen molar-refractivity contribution >= 4 is 17.5 Å². The maximum Gasteiger partial charge on any atom is 0.276 e. The van der Waals surface area contributed by atoms with Crippen molar-refractivity contribution < 1.29 is 4.79 Å². The molecule has 1 fully saturated rings. The van der Waals surface area contributed by atoms with Gasteiger partial charge in [-0.05, 0) is 44.5 Å². The molecular weight excluding hydrogens is 338 g/mol. The average molecular weight is 362 g/mol. The number of hydrogen-bond acceptors (Lipinski definition) is 4. The van der Waals surface area contributed by atoms with Crippen LogP contribution in [0.5, 0.6) is 0 Å². The van der Waals surface area contributed by atoms with Crippen LogP contribution in [0.2, 0.25) is 5.02 Å². The first kappa shape index (κ1) is 17.9. The Labute approximate surface area is 153 Å². The zero-order valence-corrected chi connectivity index (χ0v) is 15.5. The van der Waals surface area contributed by atoms with Crippen molar-refractivity contribution in [1.82, 2.24) is 25.2 Å². The molecule has 1 aliphatic rings. The SMILES string of the molecule is CCCc1c(C(=O)N2CCCC(NC)C2)nnn1-c1cccc(Cl)c1. The van der Waals surface area contributed by atoms with Gasteiger partial charge >= 0.3 is 0 Å². The number of piperidine rings is 1. The fourth-order valence-corrected chi connectivity index (χ4v) is 3.48. The standard InChI is InChI=1S/C18H24ClN5O/c1-3-6-16-17(18(25)23-10-5-8-14(12-23)20-2)21-22-24(16)15-9-4-7-13(19)11-15/h4,7,9,11,14,20H,3,5-6,8,10,12H2,1-2H3. The number of rotatable bonds is 5. The number of nitrogens with zero attached hydrogens (tertiary/aromatic N) is 4. The summed E-state index contributed by atoms with van der Waals surface area (Å²) in [4.78, 5) is 14.9. The van der Waals surface area contributed by atoms with Crippen molar-refractivity contribution in [2.24, 2.45) is 0 Å². The highest BCUT2D eigenvalue weighted by Crippen LogP contribution is 2.21. The third kappa shape index (κ3) is 3.85. The van der Waals surface area contributed by atoms with Gasteiger partial charge in [-0.3, -0.25) is 4.79 Å². The lowest BCUT2D eigenvalue weighted by molar-refractivity contribution is 0.0691. The highest BCUT2D eigenvalue weighted by atomic mass is 35.5. The van der Waals surface area contributed by atoms with E-state index < -0.39 is 0 Å². The number of likely N-dealkylation sites (N-methyl/N-ethyl adjacent to an activating group) is 1. The molecule has 1 aliphatic heterocycles. The first-order valence-corrected chi connectivity index (χ1v) is 9.19. The van der Waals surface area contributed by atoms with Gasteiger partial charge in [0.2, 0.25) is 0 Å². The van der Waals surface area contributed by atoms with Crippen LogP contribution in [0.25, 0.3) is 5.69 Å².